The molecule has 9 heteroatoms. The number of alkyl halides is 4. The molecule has 1 rings (SSSR count). The van der Waals surface area contributed by atoms with Gasteiger partial charge in [0.05, 0.1) is 16.6 Å². The quantitative estimate of drug-likeness (QED) is 0.499. The molecule has 5 nitrogen and oxygen atoms in total. The molecule has 0 aliphatic carbocycles. The van der Waals surface area contributed by atoms with Crippen LogP contribution in [-0.2, 0) is 6.18 Å². The highest BCUT2D eigenvalue weighted by Crippen LogP contribution is 2.37. The number of nitrogens with zero attached hydrogens (tertiary/aromatic N) is 1. The van der Waals surface area contributed by atoms with Crippen LogP contribution in [0.3, 0.4) is 0 Å². The minimum Gasteiger partial charge on any atom is -0.389 e. The lowest BCUT2D eigenvalue weighted by Gasteiger charge is -2.20. The number of halogens is 4. The Labute approximate surface area is 113 Å². The molecule has 0 heterocycles. The first-order valence-corrected chi connectivity index (χ1v) is 6.08. The van der Waals surface area contributed by atoms with Crippen LogP contribution in [-0.4, -0.2) is 26.6 Å². The number of non-ortho nitro benzene ring substituents is 1. The number of hydrogen-bond acceptors (Lipinski definition) is 4. The summed E-state index contributed by atoms with van der Waals surface area (Å²) in [5, 5.41) is 29.4. The van der Waals surface area contributed by atoms with Gasteiger partial charge in [-0.3, -0.25) is 10.1 Å². The molecule has 106 valence electrons. The number of aliphatic hydroxyl groups is 2. The molecule has 0 aliphatic heterocycles. The summed E-state index contributed by atoms with van der Waals surface area (Å²) in [5.41, 5.74) is -2.54. The first-order valence-electron chi connectivity index (χ1n) is 4.96. The van der Waals surface area contributed by atoms with E-state index in [-0.39, 0.29) is 5.33 Å². The second-order valence-electron chi connectivity index (χ2n) is 3.69. The number of nitro benzene ring substituents is 1. The van der Waals surface area contributed by atoms with E-state index in [0.29, 0.717) is 18.2 Å². The fourth-order valence-electron chi connectivity index (χ4n) is 1.46. The standard InChI is InChI=1S/C10H9BrF3NO4/c11-4-8(16)9(17)6-3-5(15(18)19)1-2-7(6)10(12,13)14/h1-3,8-9,16-17H,4H2. The molecule has 0 aromatic heterocycles. The fraction of sp³-hybridized carbons (Fsp3) is 0.400. The summed E-state index contributed by atoms with van der Waals surface area (Å²) in [4.78, 5) is 9.67. The number of hydrogen-bond donors (Lipinski definition) is 2. The summed E-state index contributed by atoms with van der Waals surface area (Å²) < 4.78 is 38.2. The largest absolute Gasteiger partial charge is 0.416 e. The average molecular weight is 344 g/mol. The van der Waals surface area contributed by atoms with Gasteiger partial charge in [0, 0.05) is 23.0 Å². The van der Waals surface area contributed by atoms with Crippen LogP contribution in [0.5, 0.6) is 0 Å². The smallest absolute Gasteiger partial charge is 0.389 e. The van der Waals surface area contributed by atoms with E-state index in [1.165, 1.54) is 0 Å². The molecular weight excluding hydrogens is 335 g/mol. The molecule has 19 heavy (non-hydrogen) atoms. The van der Waals surface area contributed by atoms with Gasteiger partial charge >= 0.3 is 6.18 Å². The van der Waals surface area contributed by atoms with E-state index in [4.69, 9.17) is 0 Å². The summed E-state index contributed by atoms with van der Waals surface area (Å²) in [6.45, 7) is 0. The van der Waals surface area contributed by atoms with E-state index in [0.717, 1.165) is 0 Å². The van der Waals surface area contributed by atoms with Crippen molar-refractivity contribution < 1.29 is 28.3 Å². The summed E-state index contributed by atoms with van der Waals surface area (Å²) >= 11 is 2.81. The highest BCUT2D eigenvalue weighted by atomic mass is 79.9. The van der Waals surface area contributed by atoms with Crippen LogP contribution < -0.4 is 0 Å². The third kappa shape index (κ3) is 3.64. The van der Waals surface area contributed by atoms with Gasteiger partial charge in [-0.1, -0.05) is 15.9 Å². The minimum atomic E-state index is -4.78. The van der Waals surface area contributed by atoms with Crippen molar-refractivity contribution in [3.63, 3.8) is 0 Å². The zero-order chi connectivity index (χ0) is 14.8. The lowest BCUT2D eigenvalue weighted by Crippen LogP contribution is -2.23. The van der Waals surface area contributed by atoms with Crippen LogP contribution >= 0.6 is 15.9 Å². The van der Waals surface area contributed by atoms with Gasteiger partial charge in [-0.2, -0.15) is 13.2 Å². The lowest BCUT2D eigenvalue weighted by atomic mass is 9.98. The first kappa shape index (κ1) is 15.9. The molecular formula is C10H9BrF3NO4. The maximum atomic E-state index is 12.7. The topological polar surface area (TPSA) is 83.6 Å². The molecule has 1 aromatic carbocycles. The summed E-state index contributed by atoms with van der Waals surface area (Å²) in [5.74, 6) is 0. The van der Waals surface area contributed by atoms with Gasteiger partial charge in [-0.05, 0) is 6.07 Å². The van der Waals surface area contributed by atoms with Gasteiger partial charge in [0.1, 0.15) is 6.10 Å². The zero-order valence-electron chi connectivity index (χ0n) is 9.26. The number of rotatable bonds is 4. The van der Waals surface area contributed by atoms with Crippen LogP contribution in [0, 0.1) is 10.1 Å². The molecule has 0 spiro atoms. The Hall–Kier alpha value is -1.19. The van der Waals surface area contributed by atoms with Crippen molar-refractivity contribution in [3.05, 3.63) is 39.4 Å². The summed E-state index contributed by atoms with van der Waals surface area (Å²) in [6.07, 6.45) is -8.17. The predicted molar refractivity (Wildman–Crippen MR) is 62.9 cm³/mol. The molecule has 0 fully saturated rings. The van der Waals surface area contributed by atoms with Crippen LogP contribution in [0.2, 0.25) is 0 Å². The van der Waals surface area contributed by atoms with Crippen LogP contribution in [0.25, 0.3) is 0 Å². The minimum absolute atomic E-state index is 0.172. The first-order chi connectivity index (χ1) is 8.68. The van der Waals surface area contributed by atoms with E-state index >= 15 is 0 Å². The number of benzene rings is 1. The fourth-order valence-corrected chi connectivity index (χ4v) is 1.81. The Morgan fingerprint density at radius 3 is 2.37 bits per heavy atom. The number of nitro groups is 1. The van der Waals surface area contributed by atoms with Crippen molar-refractivity contribution in [1.82, 2.24) is 0 Å². The van der Waals surface area contributed by atoms with Crippen molar-refractivity contribution >= 4 is 21.6 Å². The van der Waals surface area contributed by atoms with E-state index < -0.39 is 40.1 Å². The second kappa shape index (κ2) is 5.85. The molecule has 0 bridgehead atoms. The van der Waals surface area contributed by atoms with Gasteiger partial charge in [0.15, 0.2) is 0 Å². The molecule has 0 radical (unpaired) electrons. The normalized spacial score (nSPS) is 15.1. The third-order valence-corrected chi connectivity index (χ3v) is 3.06. The van der Waals surface area contributed by atoms with E-state index in [1.54, 1.807) is 0 Å². The molecule has 2 atom stereocenters. The second-order valence-corrected chi connectivity index (χ2v) is 4.34. The molecule has 1 aromatic rings. The summed E-state index contributed by atoms with van der Waals surface area (Å²) in [7, 11) is 0. The Morgan fingerprint density at radius 1 is 1.37 bits per heavy atom. The van der Waals surface area contributed by atoms with Crippen molar-refractivity contribution in [2.45, 2.75) is 18.4 Å². The van der Waals surface area contributed by atoms with Crippen LogP contribution in [0.1, 0.15) is 17.2 Å². The SMILES string of the molecule is O=[N+]([O-])c1ccc(C(F)(F)F)c(C(O)C(O)CBr)c1. The molecule has 0 saturated carbocycles. The lowest BCUT2D eigenvalue weighted by molar-refractivity contribution is -0.385. The molecule has 0 saturated heterocycles. The van der Waals surface area contributed by atoms with Gasteiger partial charge in [0.25, 0.3) is 5.69 Å². The van der Waals surface area contributed by atoms with Crippen molar-refractivity contribution in [3.8, 4) is 0 Å². The van der Waals surface area contributed by atoms with Crippen molar-refractivity contribution in [1.29, 1.82) is 0 Å². The number of aliphatic hydroxyl groups excluding tert-OH is 2. The Kier molecular flexibility index (Phi) is 4.88. The highest BCUT2D eigenvalue weighted by molar-refractivity contribution is 9.09. The van der Waals surface area contributed by atoms with Crippen molar-refractivity contribution in [2.75, 3.05) is 5.33 Å². The van der Waals surface area contributed by atoms with Crippen molar-refractivity contribution in [2.24, 2.45) is 0 Å². The molecule has 0 aliphatic rings. The molecule has 2 unspecified atom stereocenters. The zero-order valence-corrected chi connectivity index (χ0v) is 10.8. The maximum Gasteiger partial charge on any atom is 0.416 e. The van der Waals surface area contributed by atoms with E-state index in [1.807, 2.05) is 0 Å². The van der Waals surface area contributed by atoms with E-state index in [2.05, 4.69) is 15.9 Å². The van der Waals surface area contributed by atoms with Crippen LogP contribution in [0.4, 0.5) is 18.9 Å². The van der Waals surface area contributed by atoms with E-state index in [9.17, 15) is 33.5 Å². The van der Waals surface area contributed by atoms with Gasteiger partial charge < -0.3 is 10.2 Å². The predicted octanol–water partition coefficient (Wildman–Crippen LogP) is 2.40. The van der Waals surface area contributed by atoms with Crippen LogP contribution in [0.15, 0.2) is 18.2 Å². The average Bonchev–Trinajstić information content (AvgIpc) is 2.35. The monoisotopic (exact) mass is 343 g/mol. The third-order valence-electron chi connectivity index (χ3n) is 2.39. The highest BCUT2D eigenvalue weighted by Gasteiger charge is 2.37. The Balaban J connectivity index is 3.38. The van der Waals surface area contributed by atoms with Gasteiger partial charge in [-0.25, -0.2) is 0 Å². The van der Waals surface area contributed by atoms with Gasteiger partial charge in [-0.15, -0.1) is 0 Å². The Bertz CT molecular complexity index is 480. The van der Waals surface area contributed by atoms with Gasteiger partial charge in [0.2, 0.25) is 0 Å². The Morgan fingerprint density at radius 2 is 1.95 bits per heavy atom. The molecule has 0 amide bonds. The maximum absolute atomic E-state index is 12.7. The summed E-state index contributed by atoms with van der Waals surface area (Å²) in [6, 6.07) is 1.82. The molecule has 2 N–H and O–H groups in total.